The molecular weight excluding hydrogens is 282 g/mol. The van der Waals surface area contributed by atoms with Crippen LogP contribution >= 0.6 is 15.9 Å². The van der Waals surface area contributed by atoms with Crippen molar-refractivity contribution in [2.45, 2.75) is 19.5 Å². The summed E-state index contributed by atoms with van der Waals surface area (Å²) in [5, 5.41) is 0. The van der Waals surface area contributed by atoms with Crippen LogP contribution in [0, 0.1) is 0 Å². The summed E-state index contributed by atoms with van der Waals surface area (Å²) in [5.74, 6) is 0.983. The SMILES string of the molecule is Brc1ccc(CN2CCc3ncncc3C2)o1. The molecule has 0 fully saturated rings. The Morgan fingerprint density at radius 1 is 1.41 bits per heavy atom. The maximum absolute atomic E-state index is 5.52. The van der Waals surface area contributed by atoms with Crippen molar-refractivity contribution in [2.24, 2.45) is 0 Å². The summed E-state index contributed by atoms with van der Waals surface area (Å²) < 4.78 is 6.30. The molecule has 2 aromatic heterocycles. The maximum atomic E-state index is 5.52. The topological polar surface area (TPSA) is 42.2 Å². The van der Waals surface area contributed by atoms with E-state index in [1.165, 1.54) is 11.3 Å². The minimum absolute atomic E-state index is 0.785. The minimum Gasteiger partial charge on any atom is -0.453 e. The number of aromatic nitrogens is 2. The van der Waals surface area contributed by atoms with Crippen molar-refractivity contribution in [3.8, 4) is 0 Å². The van der Waals surface area contributed by atoms with E-state index < -0.39 is 0 Å². The molecule has 1 aliphatic rings. The van der Waals surface area contributed by atoms with Crippen LogP contribution in [0.3, 0.4) is 0 Å². The Morgan fingerprint density at radius 3 is 3.18 bits per heavy atom. The second-order valence-corrected chi connectivity index (χ2v) is 4.94. The molecule has 1 aliphatic heterocycles. The van der Waals surface area contributed by atoms with E-state index in [1.807, 2.05) is 18.3 Å². The van der Waals surface area contributed by atoms with Crippen LogP contribution in [0.25, 0.3) is 0 Å². The lowest BCUT2D eigenvalue weighted by Crippen LogP contribution is -2.30. The lowest BCUT2D eigenvalue weighted by molar-refractivity contribution is 0.222. The molecule has 17 heavy (non-hydrogen) atoms. The van der Waals surface area contributed by atoms with Crippen molar-refractivity contribution in [3.63, 3.8) is 0 Å². The second-order valence-electron chi connectivity index (χ2n) is 4.16. The van der Waals surface area contributed by atoms with Crippen LogP contribution < -0.4 is 0 Å². The molecule has 0 radical (unpaired) electrons. The van der Waals surface area contributed by atoms with E-state index in [4.69, 9.17) is 4.42 Å². The van der Waals surface area contributed by atoms with Crippen molar-refractivity contribution >= 4 is 15.9 Å². The highest BCUT2D eigenvalue weighted by Gasteiger charge is 2.18. The number of furan rings is 1. The molecule has 0 N–H and O–H groups in total. The second kappa shape index (κ2) is 4.58. The Bertz CT molecular complexity index is 526. The molecule has 0 bridgehead atoms. The van der Waals surface area contributed by atoms with Crippen LogP contribution in [0.4, 0.5) is 0 Å². The van der Waals surface area contributed by atoms with Gasteiger partial charge in [-0.2, -0.15) is 0 Å². The zero-order chi connectivity index (χ0) is 11.7. The summed E-state index contributed by atoms with van der Waals surface area (Å²) >= 11 is 3.32. The van der Waals surface area contributed by atoms with Gasteiger partial charge in [-0.1, -0.05) is 0 Å². The quantitative estimate of drug-likeness (QED) is 0.853. The minimum atomic E-state index is 0.785. The van der Waals surface area contributed by atoms with Gasteiger partial charge in [-0.15, -0.1) is 0 Å². The van der Waals surface area contributed by atoms with Gasteiger partial charge in [0.2, 0.25) is 0 Å². The molecule has 88 valence electrons. The van der Waals surface area contributed by atoms with E-state index in [-0.39, 0.29) is 0 Å². The summed E-state index contributed by atoms with van der Waals surface area (Å²) in [6.07, 6.45) is 4.52. The summed E-state index contributed by atoms with van der Waals surface area (Å²) in [6, 6.07) is 3.93. The van der Waals surface area contributed by atoms with Crippen LogP contribution in [0.2, 0.25) is 0 Å². The average molecular weight is 294 g/mol. The van der Waals surface area contributed by atoms with E-state index in [2.05, 4.69) is 30.8 Å². The maximum Gasteiger partial charge on any atom is 0.169 e. The molecule has 0 saturated heterocycles. The monoisotopic (exact) mass is 293 g/mol. The Balaban J connectivity index is 1.72. The highest BCUT2D eigenvalue weighted by atomic mass is 79.9. The van der Waals surface area contributed by atoms with Crippen LogP contribution in [0.5, 0.6) is 0 Å². The molecule has 4 nitrogen and oxygen atoms in total. The molecule has 0 saturated carbocycles. The highest BCUT2D eigenvalue weighted by Crippen LogP contribution is 2.20. The van der Waals surface area contributed by atoms with Crippen LogP contribution in [-0.4, -0.2) is 21.4 Å². The number of nitrogens with zero attached hydrogens (tertiary/aromatic N) is 3. The normalized spacial score (nSPS) is 15.8. The van der Waals surface area contributed by atoms with E-state index in [1.54, 1.807) is 6.33 Å². The number of hydrogen-bond donors (Lipinski definition) is 0. The molecule has 5 heteroatoms. The first-order valence-electron chi connectivity index (χ1n) is 5.55. The van der Waals surface area contributed by atoms with E-state index in [9.17, 15) is 0 Å². The van der Waals surface area contributed by atoms with Crippen LogP contribution in [-0.2, 0) is 19.5 Å². The molecule has 0 aliphatic carbocycles. The average Bonchev–Trinajstić information content (AvgIpc) is 2.75. The highest BCUT2D eigenvalue weighted by molar-refractivity contribution is 9.10. The van der Waals surface area contributed by atoms with Crippen molar-refractivity contribution < 1.29 is 4.42 Å². The Kier molecular flexibility index (Phi) is 2.94. The molecule has 0 spiro atoms. The van der Waals surface area contributed by atoms with Gasteiger partial charge in [0.25, 0.3) is 0 Å². The molecule has 0 amide bonds. The van der Waals surface area contributed by atoms with Gasteiger partial charge in [0.1, 0.15) is 12.1 Å². The fourth-order valence-corrected chi connectivity index (χ4v) is 2.46. The van der Waals surface area contributed by atoms with Crippen LogP contribution in [0.1, 0.15) is 17.0 Å². The zero-order valence-corrected chi connectivity index (χ0v) is 10.9. The standard InChI is InChI=1S/C12H12BrN3O/c13-12-2-1-10(17-12)7-16-4-3-11-9(6-16)5-14-8-15-11/h1-2,5,8H,3-4,6-7H2. The van der Waals surface area contributed by atoms with Gasteiger partial charge in [-0.25, -0.2) is 9.97 Å². The van der Waals surface area contributed by atoms with Crippen molar-refractivity contribution in [2.75, 3.05) is 6.54 Å². The first-order chi connectivity index (χ1) is 8.31. The molecule has 2 aromatic rings. The first-order valence-corrected chi connectivity index (χ1v) is 6.35. The smallest absolute Gasteiger partial charge is 0.169 e. The predicted molar refractivity (Wildman–Crippen MR) is 66.3 cm³/mol. The number of rotatable bonds is 2. The molecule has 0 atom stereocenters. The van der Waals surface area contributed by atoms with Gasteiger partial charge in [0.05, 0.1) is 6.54 Å². The Labute approximate surface area is 108 Å². The van der Waals surface area contributed by atoms with Gasteiger partial charge in [0, 0.05) is 37.0 Å². The Hall–Kier alpha value is -1.20. The fraction of sp³-hybridized carbons (Fsp3) is 0.333. The lowest BCUT2D eigenvalue weighted by Gasteiger charge is -2.26. The molecule has 3 heterocycles. The molecule has 0 aromatic carbocycles. The lowest BCUT2D eigenvalue weighted by atomic mass is 10.1. The van der Waals surface area contributed by atoms with Crippen molar-refractivity contribution in [3.05, 3.63) is 46.3 Å². The molecule has 0 unspecified atom stereocenters. The van der Waals surface area contributed by atoms with Crippen molar-refractivity contribution in [1.29, 1.82) is 0 Å². The molecule has 3 rings (SSSR count). The number of hydrogen-bond acceptors (Lipinski definition) is 4. The summed E-state index contributed by atoms with van der Waals surface area (Å²) in [7, 11) is 0. The van der Waals surface area contributed by atoms with Gasteiger partial charge < -0.3 is 4.42 Å². The Morgan fingerprint density at radius 2 is 2.35 bits per heavy atom. The van der Waals surface area contributed by atoms with Gasteiger partial charge in [-0.3, -0.25) is 4.90 Å². The van der Waals surface area contributed by atoms with E-state index in [0.717, 1.165) is 36.5 Å². The van der Waals surface area contributed by atoms with Gasteiger partial charge in [-0.05, 0) is 28.1 Å². The van der Waals surface area contributed by atoms with E-state index >= 15 is 0 Å². The fourth-order valence-electron chi connectivity index (χ4n) is 2.12. The third-order valence-corrected chi connectivity index (χ3v) is 3.37. The first kappa shape index (κ1) is 10.9. The van der Waals surface area contributed by atoms with Gasteiger partial charge >= 0.3 is 0 Å². The third kappa shape index (κ3) is 2.40. The molecular formula is C12H12BrN3O. The summed E-state index contributed by atoms with van der Waals surface area (Å²) in [4.78, 5) is 10.7. The summed E-state index contributed by atoms with van der Waals surface area (Å²) in [6.45, 7) is 2.75. The van der Waals surface area contributed by atoms with E-state index in [0.29, 0.717) is 0 Å². The predicted octanol–water partition coefficient (Wildman–Crippen LogP) is 2.39. The zero-order valence-electron chi connectivity index (χ0n) is 9.27. The third-order valence-electron chi connectivity index (χ3n) is 2.95. The number of fused-ring (bicyclic) bond motifs is 1. The van der Waals surface area contributed by atoms with Crippen LogP contribution in [0.15, 0.2) is 33.7 Å². The largest absolute Gasteiger partial charge is 0.453 e. The number of halogens is 1. The summed E-state index contributed by atoms with van der Waals surface area (Å²) in [5.41, 5.74) is 2.40. The van der Waals surface area contributed by atoms with Crippen molar-refractivity contribution in [1.82, 2.24) is 14.9 Å². The van der Waals surface area contributed by atoms with Gasteiger partial charge in [0.15, 0.2) is 4.67 Å².